The standard InChI is InChI=1S/C35H60O6/c1-26(2)10-8-11-27(3)32-15-16-33-29(12-9-17-35(32,33)5)13-14-30-22-31(40-24-38-20-18-36-6)23-34(28(30)4)41-25-39-21-19-37-7/h13-14,26-27,31-34H,4,8-12,15-25H2,1-3,5-7H3/b29-13+,30-14-/t27-,31-,32-,33+,34+,35-/m1/s1. The fourth-order valence-corrected chi connectivity index (χ4v) is 7.67. The first-order valence-corrected chi connectivity index (χ1v) is 16.3. The van der Waals surface area contributed by atoms with Crippen molar-refractivity contribution >= 4 is 0 Å². The van der Waals surface area contributed by atoms with E-state index in [2.05, 4.69) is 46.4 Å². The molecule has 0 unspecified atom stereocenters. The maximum Gasteiger partial charge on any atom is 0.147 e. The Morgan fingerprint density at radius 2 is 1.63 bits per heavy atom. The van der Waals surface area contributed by atoms with Gasteiger partial charge >= 0.3 is 0 Å². The van der Waals surface area contributed by atoms with Gasteiger partial charge in [0.05, 0.1) is 38.6 Å². The highest BCUT2D eigenvalue weighted by atomic mass is 16.7. The molecule has 0 N–H and O–H groups in total. The Hall–Kier alpha value is -1.02. The number of rotatable bonds is 18. The molecule has 0 bridgehead atoms. The van der Waals surface area contributed by atoms with Gasteiger partial charge in [-0.25, -0.2) is 0 Å². The van der Waals surface area contributed by atoms with Crippen molar-refractivity contribution in [2.75, 3.05) is 54.2 Å². The van der Waals surface area contributed by atoms with Gasteiger partial charge in [-0.05, 0) is 78.8 Å². The summed E-state index contributed by atoms with van der Waals surface area (Å²) < 4.78 is 33.6. The molecule has 3 fully saturated rings. The van der Waals surface area contributed by atoms with Crippen molar-refractivity contribution in [2.24, 2.45) is 29.1 Å². The van der Waals surface area contributed by atoms with Gasteiger partial charge in [-0.3, -0.25) is 0 Å². The molecule has 3 rings (SSSR count). The van der Waals surface area contributed by atoms with Crippen LogP contribution in [0.3, 0.4) is 0 Å². The number of fused-ring (bicyclic) bond motifs is 1. The van der Waals surface area contributed by atoms with Crippen LogP contribution in [0.5, 0.6) is 0 Å². The normalized spacial score (nSPS) is 31.3. The molecular weight excluding hydrogens is 516 g/mol. The molecule has 6 nitrogen and oxygen atoms in total. The Kier molecular flexibility index (Phi) is 15.1. The average molecular weight is 577 g/mol. The Bertz CT molecular complexity index is 835. The molecule has 0 radical (unpaired) electrons. The molecular formula is C35H60O6. The van der Waals surface area contributed by atoms with Gasteiger partial charge in [0.1, 0.15) is 13.6 Å². The Balaban J connectivity index is 1.68. The van der Waals surface area contributed by atoms with E-state index < -0.39 is 0 Å². The van der Waals surface area contributed by atoms with Crippen LogP contribution in [0.4, 0.5) is 0 Å². The summed E-state index contributed by atoms with van der Waals surface area (Å²) in [6.45, 7) is 16.9. The lowest BCUT2D eigenvalue weighted by Crippen LogP contribution is -2.36. The van der Waals surface area contributed by atoms with Gasteiger partial charge in [0, 0.05) is 20.6 Å². The molecule has 3 aliphatic rings. The molecule has 0 aromatic carbocycles. The molecule has 41 heavy (non-hydrogen) atoms. The molecule has 0 aromatic heterocycles. The molecule has 0 aromatic rings. The first-order valence-electron chi connectivity index (χ1n) is 16.3. The Labute approximate surface area is 251 Å². The summed E-state index contributed by atoms with van der Waals surface area (Å²) in [5.74, 6) is 3.16. The van der Waals surface area contributed by atoms with Gasteiger partial charge < -0.3 is 28.4 Å². The van der Waals surface area contributed by atoms with E-state index in [0.29, 0.717) is 37.8 Å². The molecule has 0 spiro atoms. The number of ether oxygens (including phenoxy) is 6. The van der Waals surface area contributed by atoms with E-state index in [9.17, 15) is 0 Å². The van der Waals surface area contributed by atoms with Crippen LogP contribution in [0.2, 0.25) is 0 Å². The highest BCUT2D eigenvalue weighted by Gasteiger charge is 2.50. The van der Waals surface area contributed by atoms with Crippen LogP contribution in [0.25, 0.3) is 0 Å². The fraction of sp³-hybridized carbons (Fsp3) is 0.829. The number of hydrogen-bond acceptors (Lipinski definition) is 6. The van der Waals surface area contributed by atoms with Crippen LogP contribution < -0.4 is 0 Å². The summed E-state index contributed by atoms with van der Waals surface area (Å²) >= 11 is 0. The molecule has 0 heterocycles. The van der Waals surface area contributed by atoms with Crippen molar-refractivity contribution < 1.29 is 28.4 Å². The summed E-state index contributed by atoms with van der Waals surface area (Å²) in [6.07, 6.45) is 16.9. The number of methoxy groups -OCH3 is 2. The first-order chi connectivity index (χ1) is 19.8. The van der Waals surface area contributed by atoms with Gasteiger partial charge in [-0.1, -0.05) is 71.3 Å². The lowest BCUT2D eigenvalue weighted by molar-refractivity contribution is -0.129. The van der Waals surface area contributed by atoms with E-state index >= 15 is 0 Å². The predicted molar refractivity (Wildman–Crippen MR) is 166 cm³/mol. The molecule has 6 heteroatoms. The second-order valence-corrected chi connectivity index (χ2v) is 13.3. The third-order valence-electron chi connectivity index (χ3n) is 9.99. The largest absolute Gasteiger partial charge is 0.382 e. The molecule has 0 amide bonds. The van der Waals surface area contributed by atoms with Crippen molar-refractivity contribution in [3.05, 3.63) is 35.5 Å². The van der Waals surface area contributed by atoms with Gasteiger partial charge in [0.2, 0.25) is 0 Å². The van der Waals surface area contributed by atoms with E-state index in [1.165, 1.54) is 56.9 Å². The van der Waals surface area contributed by atoms with E-state index in [0.717, 1.165) is 36.2 Å². The van der Waals surface area contributed by atoms with Gasteiger partial charge in [0.25, 0.3) is 0 Å². The van der Waals surface area contributed by atoms with E-state index in [1.807, 2.05) is 0 Å². The second-order valence-electron chi connectivity index (χ2n) is 13.3. The van der Waals surface area contributed by atoms with E-state index in [-0.39, 0.29) is 25.8 Å². The van der Waals surface area contributed by atoms with Crippen LogP contribution in [-0.2, 0) is 28.4 Å². The smallest absolute Gasteiger partial charge is 0.147 e. The zero-order valence-electron chi connectivity index (χ0n) is 27.1. The van der Waals surface area contributed by atoms with Crippen LogP contribution >= 0.6 is 0 Å². The van der Waals surface area contributed by atoms with Gasteiger partial charge in [0.15, 0.2) is 0 Å². The molecule has 0 saturated heterocycles. The van der Waals surface area contributed by atoms with Crippen LogP contribution in [0.15, 0.2) is 35.5 Å². The Morgan fingerprint density at radius 1 is 0.927 bits per heavy atom. The second kappa shape index (κ2) is 17.9. The third kappa shape index (κ3) is 10.3. The van der Waals surface area contributed by atoms with Crippen LogP contribution in [0, 0.1) is 29.1 Å². The summed E-state index contributed by atoms with van der Waals surface area (Å²) in [4.78, 5) is 0. The highest BCUT2D eigenvalue weighted by molar-refractivity contribution is 5.39. The maximum absolute atomic E-state index is 6.13. The van der Waals surface area contributed by atoms with Crippen molar-refractivity contribution in [3.63, 3.8) is 0 Å². The highest BCUT2D eigenvalue weighted by Crippen LogP contribution is 2.60. The minimum absolute atomic E-state index is 0.0100. The zero-order chi connectivity index (χ0) is 29.7. The quantitative estimate of drug-likeness (QED) is 0.122. The SMILES string of the molecule is C=C1/C(=C\C=C2/CCC[C@]3(C)[C@@H]([C@H](C)CCCC(C)C)CC[C@@H]23)C[C@@H](OCOCCOC)C[C@@H]1OCOCCOC. The van der Waals surface area contributed by atoms with Crippen molar-refractivity contribution in [1.82, 2.24) is 0 Å². The first kappa shape index (κ1) is 34.5. The fourth-order valence-electron chi connectivity index (χ4n) is 7.67. The van der Waals surface area contributed by atoms with Crippen LogP contribution in [0.1, 0.15) is 91.9 Å². The van der Waals surface area contributed by atoms with E-state index in [4.69, 9.17) is 28.4 Å². The molecule has 3 aliphatic carbocycles. The van der Waals surface area contributed by atoms with E-state index in [1.54, 1.807) is 19.8 Å². The summed E-state index contributed by atoms with van der Waals surface area (Å²) in [7, 11) is 3.35. The van der Waals surface area contributed by atoms with Gasteiger partial charge in [-0.2, -0.15) is 0 Å². The minimum atomic E-state index is -0.140. The van der Waals surface area contributed by atoms with Crippen molar-refractivity contribution in [1.29, 1.82) is 0 Å². The topological polar surface area (TPSA) is 55.4 Å². The lowest BCUT2D eigenvalue weighted by Gasteiger charge is -2.44. The molecule has 236 valence electrons. The average Bonchev–Trinajstić information content (AvgIpc) is 3.30. The maximum atomic E-state index is 6.13. The zero-order valence-corrected chi connectivity index (χ0v) is 27.1. The lowest BCUT2D eigenvalue weighted by atomic mass is 9.60. The third-order valence-corrected chi connectivity index (χ3v) is 9.99. The number of allylic oxidation sites excluding steroid dienone is 3. The monoisotopic (exact) mass is 576 g/mol. The summed E-state index contributed by atoms with van der Waals surface area (Å²) in [5.41, 5.74) is 4.33. The molecule has 3 saturated carbocycles. The van der Waals surface area contributed by atoms with Crippen molar-refractivity contribution in [3.8, 4) is 0 Å². The van der Waals surface area contributed by atoms with Crippen LogP contribution in [-0.4, -0.2) is 66.4 Å². The molecule has 0 aliphatic heterocycles. The molecule has 6 atom stereocenters. The Morgan fingerprint density at radius 3 is 2.32 bits per heavy atom. The van der Waals surface area contributed by atoms with Gasteiger partial charge in [-0.15, -0.1) is 0 Å². The summed E-state index contributed by atoms with van der Waals surface area (Å²) in [5, 5.41) is 0. The summed E-state index contributed by atoms with van der Waals surface area (Å²) in [6, 6.07) is 0. The van der Waals surface area contributed by atoms with Crippen molar-refractivity contribution in [2.45, 2.75) is 104 Å². The number of hydrogen-bond donors (Lipinski definition) is 0. The predicted octanol–water partition coefficient (Wildman–Crippen LogP) is 7.88. The minimum Gasteiger partial charge on any atom is -0.382 e.